The molecule has 0 aliphatic carbocycles. The second-order valence-electron chi connectivity index (χ2n) is 5.57. The molecular weight excluding hydrogens is 272 g/mol. The molecular formula is C16H30O5. The van der Waals surface area contributed by atoms with E-state index in [0.717, 1.165) is 19.3 Å². The monoisotopic (exact) mass is 302 g/mol. The van der Waals surface area contributed by atoms with Gasteiger partial charge in [-0.25, -0.2) is 0 Å². The van der Waals surface area contributed by atoms with Crippen molar-refractivity contribution < 1.29 is 24.8 Å². The highest BCUT2D eigenvalue weighted by atomic mass is 16.6. The Hall–Kier alpha value is -0.460. The van der Waals surface area contributed by atoms with Crippen molar-refractivity contribution in [2.45, 2.75) is 69.9 Å². The second kappa shape index (κ2) is 11.2. The average Bonchev–Trinajstić information content (AvgIpc) is 2.82. The van der Waals surface area contributed by atoms with Gasteiger partial charge in [-0.05, 0) is 26.2 Å². The van der Waals surface area contributed by atoms with Crippen LogP contribution in [0.4, 0.5) is 0 Å². The molecule has 0 bridgehead atoms. The van der Waals surface area contributed by atoms with Crippen LogP contribution in [0.15, 0.2) is 12.2 Å². The van der Waals surface area contributed by atoms with E-state index in [4.69, 9.17) is 9.47 Å². The van der Waals surface area contributed by atoms with Crippen LogP contribution in [0, 0.1) is 0 Å². The Bertz CT molecular complexity index is 282. The van der Waals surface area contributed by atoms with Gasteiger partial charge in [0, 0.05) is 6.61 Å². The molecule has 5 heteroatoms. The molecule has 4 atom stereocenters. The van der Waals surface area contributed by atoms with Crippen LogP contribution in [0.3, 0.4) is 0 Å². The summed E-state index contributed by atoms with van der Waals surface area (Å²) in [4.78, 5) is 0. The molecule has 0 saturated carbocycles. The highest BCUT2D eigenvalue weighted by Crippen LogP contribution is 2.19. The summed E-state index contributed by atoms with van der Waals surface area (Å²) in [5.74, 6) is 0. The van der Waals surface area contributed by atoms with Crippen molar-refractivity contribution in [3.63, 3.8) is 0 Å². The first-order chi connectivity index (χ1) is 10.2. The van der Waals surface area contributed by atoms with Crippen LogP contribution in [0.2, 0.25) is 0 Å². The van der Waals surface area contributed by atoms with Crippen LogP contribution < -0.4 is 0 Å². The summed E-state index contributed by atoms with van der Waals surface area (Å²) in [6.07, 6.45) is 8.04. The Balaban J connectivity index is 2.05. The fraction of sp³-hybridized carbons (Fsp3) is 0.875. The number of aliphatic hydroxyl groups excluding tert-OH is 3. The van der Waals surface area contributed by atoms with Crippen LogP contribution in [-0.2, 0) is 9.47 Å². The molecule has 1 rings (SSSR count). The van der Waals surface area contributed by atoms with Gasteiger partial charge in [0.2, 0.25) is 0 Å². The van der Waals surface area contributed by atoms with Crippen molar-refractivity contribution in [1.29, 1.82) is 0 Å². The van der Waals surface area contributed by atoms with E-state index in [1.54, 1.807) is 0 Å². The first-order valence-corrected chi connectivity index (χ1v) is 8.02. The summed E-state index contributed by atoms with van der Waals surface area (Å²) in [5.41, 5.74) is 0. The number of rotatable bonds is 11. The molecule has 0 aromatic carbocycles. The largest absolute Gasteiger partial charge is 0.394 e. The SMILES string of the molecule is C/C=C/CCCCCCCO[C@@H](CO)[C@H]1OC[C@@H](O)[C@H]1O. The molecule has 0 spiro atoms. The normalized spacial score (nSPS) is 27.5. The minimum atomic E-state index is -0.978. The van der Waals surface area contributed by atoms with Gasteiger partial charge in [-0.15, -0.1) is 0 Å². The molecule has 124 valence electrons. The van der Waals surface area contributed by atoms with Gasteiger partial charge in [0.1, 0.15) is 24.4 Å². The molecule has 0 aromatic rings. The summed E-state index contributed by atoms with van der Waals surface area (Å²) in [5, 5.41) is 28.5. The zero-order valence-electron chi connectivity index (χ0n) is 13.0. The molecule has 1 saturated heterocycles. The van der Waals surface area contributed by atoms with Crippen molar-refractivity contribution >= 4 is 0 Å². The van der Waals surface area contributed by atoms with Crippen molar-refractivity contribution in [2.75, 3.05) is 19.8 Å². The van der Waals surface area contributed by atoms with Crippen LogP contribution in [0.5, 0.6) is 0 Å². The first kappa shape index (κ1) is 18.6. The lowest BCUT2D eigenvalue weighted by Gasteiger charge is -2.24. The van der Waals surface area contributed by atoms with Gasteiger partial charge in [0.05, 0.1) is 13.2 Å². The van der Waals surface area contributed by atoms with E-state index in [0.29, 0.717) is 6.61 Å². The summed E-state index contributed by atoms with van der Waals surface area (Å²) < 4.78 is 10.9. The Labute approximate surface area is 127 Å². The van der Waals surface area contributed by atoms with Gasteiger partial charge in [-0.3, -0.25) is 0 Å². The lowest BCUT2D eigenvalue weighted by atomic mass is 10.1. The van der Waals surface area contributed by atoms with E-state index in [1.165, 1.54) is 19.3 Å². The maximum absolute atomic E-state index is 9.73. The standard InChI is InChI=1S/C16H30O5/c1-2-3-4-5-6-7-8-9-10-20-14(11-17)16-15(19)13(18)12-21-16/h2-3,13-19H,4-12H2,1H3/b3-2+/t13-,14+,15-,16-/m1/s1. The third kappa shape index (κ3) is 6.89. The summed E-state index contributed by atoms with van der Waals surface area (Å²) in [7, 11) is 0. The van der Waals surface area contributed by atoms with Crippen LogP contribution in [-0.4, -0.2) is 59.6 Å². The van der Waals surface area contributed by atoms with Gasteiger partial charge in [0.25, 0.3) is 0 Å². The van der Waals surface area contributed by atoms with Gasteiger partial charge < -0.3 is 24.8 Å². The Morgan fingerprint density at radius 1 is 1.19 bits per heavy atom. The molecule has 1 fully saturated rings. The predicted molar refractivity (Wildman–Crippen MR) is 81.1 cm³/mol. The number of hydrogen-bond donors (Lipinski definition) is 3. The summed E-state index contributed by atoms with van der Waals surface area (Å²) in [6.45, 7) is 2.47. The molecule has 3 N–H and O–H groups in total. The lowest BCUT2D eigenvalue weighted by molar-refractivity contribution is -0.101. The van der Waals surface area contributed by atoms with Gasteiger partial charge in [-0.2, -0.15) is 0 Å². The quantitative estimate of drug-likeness (QED) is 0.397. The Morgan fingerprint density at radius 3 is 2.52 bits per heavy atom. The zero-order valence-corrected chi connectivity index (χ0v) is 13.0. The van der Waals surface area contributed by atoms with Crippen LogP contribution in [0.1, 0.15) is 45.4 Å². The minimum absolute atomic E-state index is 0.0951. The minimum Gasteiger partial charge on any atom is -0.394 e. The van der Waals surface area contributed by atoms with Gasteiger partial charge in [-0.1, -0.05) is 31.4 Å². The van der Waals surface area contributed by atoms with E-state index in [9.17, 15) is 15.3 Å². The van der Waals surface area contributed by atoms with Crippen molar-refractivity contribution in [3.05, 3.63) is 12.2 Å². The second-order valence-corrected chi connectivity index (χ2v) is 5.57. The smallest absolute Gasteiger partial charge is 0.114 e. The summed E-state index contributed by atoms with van der Waals surface area (Å²) in [6, 6.07) is 0. The van der Waals surface area contributed by atoms with Crippen molar-refractivity contribution in [3.8, 4) is 0 Å². The first-order valence-electron chi connectivity index (χ1n) is 8.02. The van der Waals surface area contributed by atoms with E-state index in [2.05, 4.69) is 12.2 Å². The van der Waals surface area contributed by atoms with Gasteiger partial charge in [0.15, 0.2) is 0 Å². The molecule has 0 amide bonds. The Morgan fingerprint density at radius 2 is 1.90 bits per heavy atom. The molecule has 1 aliphatic heterocycles. The third-order valence-electron chi connectivity index (χ3n) is 3.82. The number of ether oxygens (including phenoxy) is 2. The van der Waals surface area contributed by atoms with Crippen molar-refractivity contribution in [1.82, 2.24) is 0 Å². The third-order valence-corrected chi connectivity index (χ3v) is 3.82. The average molecular weight is 302 g/mol. The fourth-order valence-electron chi connectivity index (χ4n) is 2.50. The highest BCUT2D eigenvalue weighted by Gasteiger charge is 2.40. The molecule has 0 aromatic heterocycles. The molecule has 5 nitrogen and oxygen atoms in total. The maximum atomic E-state index is 9.73. The fourth-order valence-corrected chi connectivity index (χ4v) is 2.50. The van der Waals surface area contributed by atoms with E-state index < -0.39 is 24.4 Å². The van der Waals surface area contributed by atoms with E-state index >= 15 is 0 Å². The number of aliphatic hydroxyl groups is 3. The molecule has 21 heavy (non-hydrogen) atoms. The predicted octanol–water partition coefficient (Wildman–Crippen LogP) is 1.40. The van der Waals surface area contributed by atoms with Crippen molar-refractivity contribution in [2.24, 2.45) is 0 Å². The Kier molecular flexibility index (Phi) is 9.87. The molecule has 0 radical (unpaired) electrons. The zero-order chi connectivity index (χ0) is 15.5. The maximum Gasteiger partial charge on any atom is 0.114 e. The molecule has 0 unspecified atom stereocenters. The highest BCUT2D eigenvalue weighted by molar-refractivity contribution is 4.88. The van der Waals surface area contributed by atoms with Gasteiger partial charge >= 0.3 is 0 Å². The summed E-state index contributed by atoms with van der Waals surface area (Å²) >= 11 is 0. The van der Waals surface area contributed by atoms with Crippen LogP contribution >= 0.6 is 0 Å². The number of allylic oxidation sites excluding steroid dienone is 2. The number of unbranched alkanes of at least 4 members (excludes halogenated alkanes) is 5. The van der Waals surface area contributed by atoms with E-state index in [-0.39, 0.29) is 13.2 Å². The number of hydrogen-bond acceptors (Lipinski definition) is 5. The molecule has 1 heterocycles. The molecule has 1 aliphatic rings. The van der Waals surface area contributed by atoms with E-state index in [1.807, 2.05) is 6.92 Å². The topological polar surface area (TPSA) is 79.2 Å². The lowest BCUT2D eigenvalue weighted by Crippen LogP contribution is -2.42. The van der Waals surface area contributed by atoms with Crippen LogP contribution in [0.25, 0.3) is 0 Å².